The molecule has 1 aliphatic carbocycles. The molecule has 0 bridgehead atoms. The van der Waals surface area contributed by atoms with Crippen LogP contribution in [-0.2, 0) is 19.0 Å². The standard InChI is InChI=1S/C38H61N3O8/c1-28(27-47-36(44)40-20-9-10-21-40)12-11-13-29(2)35-30(3)16-17-33(38(4,46)19-18-32(42)26-34(43)49-35)48-37(45)41-24-22-39(23-25-41)31-14-7-5-6-8-15-31/h11-13,16-17,28,30-33,35,42,46H,5-10,14-15,18-27H2,1-4H3/b12-11+,17-16-,29-13+/t28-,30+,32+,33+,35-,38+/m1/s1. The fraction of sp³-hybridized carbons (Fsp3) is 0.763. The first kappa shape index (κ1) is 38.9. The molecule has 11 heteroatoms. The molecule has 4 rings (SSSR count). The van der Waals surface area contributed by atoms with Crippen LogP contribution in [0.5, 0.6) is 0 Å². The van der Waals surface area contributed by atoms with Crippen molar-refractivity contribution in [3.8, 4) is 0 Å². The van der Waals surface area contributed by atoms with E-state index in [1.807, 2.05) is 45.1 Å². The summed E-state index contributed by atoms with van der Waals surface area (Å²) in [6.07, 6.45) is 15.5. The van der Waals surface area contributed by atoms with Crippen molar-refractivity contribution in [2.75, 3.05) is 45.9 Å². The summed E-state index contributed by atoms with van der Waals surface area (Å²) < 4.78 is 17.3. The summed E-state index contributed by atoms with van der Waals surface area (Å²) in [6, 6.07) is 0.589. The zero-order valence-corrected chi connectivity index (χ0v) is 30.3. The number of ether oxygens (including phenoxy) is 3. The monoisotopic (exact) mass is 687 g/mol. The smallest absolute Gasteiger partial charge is 0.410 e. The highest BCUT2D eigenvalue weighted by atomic mass is 16.6. The second kappa shape index (κ2) is 18.9. The topological polar surface area (TPSA) is 129 Å². The number of cyclic esters (lactones) is 1. The summed E-state index contributed by atoms with van der Waals surface area (Å²) in [5, 5.41) is 22.2. The molecule has 2 saturated heterocycles. The van der Waals surface area contributed by atoms with Crippen LogP contribution in [0, 0.1) is 11.8 Å². The zero-order valence-electron chi connectivity index (χ0n) is 30.3. The molecule has 1 saturated carbocycles. The third-order valence-corrected chi connectivity index (χ3v) is 10.5. The predicted molar refractivity (Wildman–Crippen MR) is 188 cm³/mol. The Morgan fingerprint density at radius 1 is 0.980 bits per heavy atom. The number of piperazine rings is 1. The molecule has 3 fully saturated rings. The highest BCUT2D eigenvalue weighted by molar-refractivity contribution is 5.70. The number of hydrogen-bond donors (Lipinski definition) is 2. The van der Waals surface area contributed by atoms with Crippen molar-refractivity contribution >= 4 is 18.2 Å². The molecule has 4 aliphatic rings. The maximum Gasteiger partial charge on any atom is 0.410 e. The molecule has 0 aromatic rings. The van der Waals surface area contributed by atoms with Crippen LogP contribution in [0.4, 0.5) is 9.59 Å². The molecule has 0 aromatic carbocycles. The lowest BCUT2D eigenvalue weighted by Gasteiger charge is -2.40. The van der Waals surface area contributed by atoms with Gasteiger partial charge in [0.05, 0.1) is 19.1 Å². The van der Waals surface area contributed by atoms with E-state index in [0.717, 1.165) is 44.6 Å². The van der Waals surface area contributed by atoms with E-state index >= 15 is 0 Å². The number of nitrogens with zero attached hydrogens (tertiary/aromatic N) is 3. The minimum absolute atomic E-state index is 0.0145. The van der Waals surface area contributed by atoms with E-state index in [4.69, 9.17) is 14.2 Å². The number of rotatable bonds is 7. The quantitative estimate of drug-likeness (QED) is 0.116. The van der Waals surface area contributed by atoms with Crippen molar-refractivity contribution in [2.45, 2.75) is 128 Å². The highest BCUT2D eigenvalue weighted by Gasteiger charge is 2.37. The van der Waals surface area contributed by atoms with Crippen LogP contribution in [0.1, 0.15) is 98.3 Å². The predicted octanol–water partition coefficient (Wildman–Crippen LogP) is 5.60. The van der Waals surface area contributed by atoms with E-state index in [9.17, 15) is 24.6 Å². The molecule has 0 aromatic heterocycles. The fourth-order valence-corrected chi connectivity index (χ4v) is 7.27. The fourth-order valence-electron chi connectivity index (χ4n) is 7.27. The van der Waals surface area contributed by atoms with Gasteiger partial charge in [-0.1, -0.05) is 63.8 Å². The third-order valence-electron chi connectivity index (χ3n) is 10.5. The van der Waals surface area contributed by atoms with E-state index in [1.54, 1.807) is 22.8 Å². The number of aliphatic hydroxyl groups excluding tert-OH is 1. The molecule has 276 valence electrons. The average molecular weight is 688 g/mol. The van der Waals surface area contributed by atoms with E-state index in [-0.39, 0.29) is 43.8 Å². The zero-order chi connectivity index (χ0) is 35.4. The SMILES string of the molecule is C/C(=C\C=C\[C@@H](C)COC(=O)N1CCCC1)[C@H]1OC(=O)C[C@@H](O)CC[C@](C)(O)[C@@H](OC(=O)N2CCN(C3CCCCCC3)CC2)/C=C\[C@@H]1C. The van der Waals surface area contributed by atoms with Gasteiger partial charge in [0.1, 0.15) is 11.7 Å². The molecule has 3 aliphatic heterocycles. The second-order valence-electron chi connectivity index (χ2n) is 14.9. The van der Waals surface area contributed by atoms with Gasteiger partial charge in [-0.2, -0.15) is 0 Å². The van der Waals surface area contributed by atoms with E-state index in [1.165, 1.54) is 38.5 Å². The first-order valence-electron chi connectivity index (χ1n) is 18.7. The minimum atomic E-state index is -1.46. The summed E-state index contributed by atoms with van der Waals surface area (Å²) >= 11 is 0. The molecule has 3 heterocycles. The van der Waals surface area contributed by atoms with Crippen molar-refractivity contribution in [3.05, 3.63) is 36.0 Å². The van der Waals surface area contributed by atoms with Gasteiger partial charge >= 0.3 is 18.2 Å². The maximum absolute atomic E-state index is 13.4. The molecule has 2 amide bonds. The Kier molecular flexibility index (Phi) is 15.0. The molecule has 2 N–H and O–H groups in total. The summed E-state index contributed by atoms with van der Waals surface area (Å²) in [4.78, 5) is 44.5. The Morgan fingerprint density at radius 2 is 1.63 bits per heavy atom. The Hall–Kier alpha value is -2.89. The molecule has 11 nitrogen and oxygen atoms in total. The summed E-state index contributed by atoms with van der Waals surface area (Å²) in [7, 11) is 0. The van der Waals surface area contributed by atoms with Crippen molar-refractivity contribution in [2.24, 2.45) is 11.8 Å². The van der Waals surface area contributed by atoms with Crippen molar-refractivity contribution < 1.29 is 38.8 Å². The second-order valence-corrected chi connectivity index (χ2v) is 14.9. The number of carbonyl (C=O) groups is 3. The van der Waals surface area contributed by atoms with Gasteiger partial charge in [-0.3, -0.25) is 9.69 Å². The van der Waals surface area contributed by atoms with Crippen LogP contribution in [0.25, 0.3) is 0 Å². The van der Waals surface area contributed by atoms with Gasteiger partial charge in [-0.05, 0) is 64.0 Å². The Balaban J connectivity index is 1.40. The molecule has 0 spiro atoms. The first-order valence-corrected chi connectivity index (χ1v) is 18.7. The van der Waals surface area contributed by atoms with Gasteiger partial charge in [-0.25, -0.2) is 9.59 Å². The van der Waals surface area contributed by atoms with Crippen molar-refractivity contribution in [3.63, 3.8) is 0 Å². The number of esters is 1. The van der Waals surface area contributed by atoms with E-state index < -0.39 is 36.0 Å². The van der Waals surface area contributed by atoms with Crippen molar-refractivity contribution in [1.82, 2.24) is 14.7 Å². The Labute approximate surface area is 293 Å². The van der Waals surface area contributed by atoms with Crippen LogP contribution < -0.4 is 0 Å². The van der Waals surface area contributed by atoms with E-state index in [0.29, 0.717) is 19.1 Å². The number of hydrogen-bond acceptors (Lipinski definition) is 9. The summed E-state index contributed by atoms with van der Waals surface area (Å²) in [5.74, 6) is -0.869. The van der Waals surface area contributed by atoms with Gasteiger partial charge in [0.2, 0.25) is 0 Å². The van der Waals surface area contributed by atoms with Crippen molar-refractivity contribution in [1.29, 1.82) is 0 Å². The number of carbonyl (C=O) groups excluding carboxylic acids is 3. The van der Waals surface area contributed by atoms with Gasteiger partial charge in [-0.15, -0.1) is 0 Å². The number of aliphatic hydroxyl groups is 2. The lowest BCUT2D eigenvalue weighted by molar-refractivity contribution is -0.151. The molecular formula is C38H61N3O8. The maximum atomic E-state index is 13.4. The Bertz CT molecular complexity index is 1160. The van der Waals surface area contributed by atoms with Gasteiger partial charge < -0.3 is 34.2 Å². The third kappa shape index (κ3) is 12.1. The van der Waals surface area contributed by atoms with E-state index in [2.05, 4.69) is 4.90 Å². The first-order chi connectivity index (χ1) is 23.4. The van der Waals surface area contributed by atoms with Crippen LogP contribution in [0.3, 0.4) is 0 Å². The van der Waals surface area contributed by atoms with Crippen LogP contribution in [0.2, 0.25) is 0 Å². The molecular weight excluding hydrogens is 626 g/mol. The van der Waals surface area contributed by atoms with Crippen LogP contribution in [-0.4, -0.2) is 119 Å². The lowest BCUT2D eigenvalue weighted by atomic mass is 9.89. The average Bonchev–Trinajstić information content (AvgIpc) is 3.49. The lowest BCUT2D eigenvalue weighted by Crippen LogP contribution is -2.53. The molecule has 0 radical (unpaired) electrons. The van der Waals surface area contributed by atoms with Gasteiger partial charge in [0.25, 0.3) is 0 Å². The van der Waals surface area contributed by atoms with Gasteiger partial charge in [0, 0.05) is 57.1 Å². The Morgan fingerprint density at radius 3 is 2.31 bits per heavy atom. The molecule has 0 unspecified atom stereocenters. The number of likely N-dealkylation sites (tertiary alicyclic amines) is 1. The largest absolute Gasteiger partial charge is 0.457 e. The normalized spacial score (nSPS) is 31.7. The minimum Gasteiger partial charge on any atom is -0.457 e. The molecule has 49 heavy (non-hydrogen) atoms. The van der Waals surface area contributed by atoms with Crippen LogP contribution >= 0.6 is 0 Å². The van der Waals surface area contributed by atoms with Crippen LogP contribution in [0.15, 0.2) is 36.0 Å². The molecule has 6 atom stereocenters. The highest BCUT2D eigenvalue weighted by Crippen LogP contribution is 2.28. The summed E-state index contributed by atoms with van der Waals surface area (Å²) in [5.41, 5.74) is -0.684. The van der Waals surface area contributed by atoms with Gasteiger partial charge in [0.15, 0.2) is 6.10 Å². The summed E-state index contributed by atoms with van der Waals surface area (Å²) in [6.45, 7) is 11.9. The number of amides is 2. The number of allylic oxidation sites excluding steroid dienone is 2.